The number of piperazine rings is 1. The lowest BCUT2D eigenvalue weighted by molar-refractivity contribution is -0.141. The highest BCUT2D eigenvalue weighted by molar-refractivity contribution is 5.94. The summed E-state index contributed by atoms with van der Waals surface area (Å²) in [5, 5.41) is 11.5. The molecule has 0 aromatic carbocycles. The zero-order chi connectivity index (χ0) is 22.7. The van der Waals surface area contributed by atoms with Gasteiger partial charge < -0.3 is 15.1 Å². The number of carbonyl (C=O) groups is 1. The summed E-state index contributed by atoms with van der Waals surface area (Å²) in [6, 6.07) is 9.42. The molecule has 1 aliphatic heterocycles. The zero-order valence-electron chi connectivity index (χ0n) is 17.2. The van der Waals surface area contributed by atoms with Gasteiger partial charge in [0, 0.05) is 38.6 Å². The van der Waals surface area contributed by atoms with Crippen LogP contribution < -0.4 is 10.2 Å². The Morgan fingerprint density at radius 1 is 0.969 bits per heavy atom. The summed E-state index contributed by atoms with van der Waals surface area (Å²) in [5.74, 6) is 1.57. The highest BCUT2D eigenvalue weighted by Gasteiger charge is 2.32. The largest absolute Gasteiger partial charge is 0.433 e. The molecular weight excluding hydrogens is 423 g/mol. The smallest absolute Gasteiger partial charge is 0.352 e. The maximum Gasteiger partial charge on any atom is 0.433 e. The lowest BCUT2D eigenvalue weighted by atomic mass is 10.2. The molecule has 0 saturated carbocycles. The molecule has 1 N–H and O–H groups in total. The van der Waals surface area contributed by atoms with Crippen molar-refractivity contribution in [2.24, 2.45) is 0 Å². The number of aromatic nitrogens is 4. The van der Waals surface area contributed by atoms with E-state index in [0.717, 1.165) is 23.9 Å². The molecule has 0 spiro atoms. The van der Waals surface area contributed by atoms with E-state index in [0.29, 0.717) is 43.6 Å². The highest BCUT2D eigenvalue weighted by atomic mass is 19.4. The van der Waals surface area contributed by atoms with Crippen LogP contribution in [0.2, 0.25) is 0 Å². The summed E-state index contributed by atoms with van der Waals surface area (Å²) in [5.41, 5.74) is 0.187. The Morgan fingerprint density at radius 2 is 1.75 bits per heavy atom. The van der Waals surface area contributed by atoms with Gasteiger partial charge in [0.25, 0.3) is 5.91 Å². The molecule has 3 aromatic rings. The number of aryl methyl sites for hydroxylation is 1. The topological polar surface area (TPSA) is 87.1 Å². The minimum Gasteiger partial charge on any atom is -0.352 e. The van der Waals surface area contributed by atoms with E-state index in [4.69, 9.17) is 0 Å². The molecule has 1 saturated heterocycles. The fourth-order valence-corrected chi connectivity index (χ4v) is 3.31. The van der Waals surface area contributed by atoms with Crippen LogP contribution in [0.25, 0.3) is 0 Å². The molecule has 0 radical (unpaired) electrons. The van der Waals surface area contributed by atoms with Crippen molar-refractivity contribution >= 4 is 23.4 Å². The number of hydrogen-bond acceptors (Lipinski definition) is 7. The summed E-state index contributed by atoms with van der Waals surface area (Å²) in [7, 11) is 0. The average molecular weight is 443 g/mol. The Labute approximate surface area is 182 Å². The van der Waals surface area contributed by atoms with E-state index in [1.165, 1.54) is 0 Å². The minimum absolute atomic E-state index is 0.131. The fourth-order valence-electron chi connectivity index (χ4n) is 3.31. The number of carbonyl (C=O) groups excluding carboxylic acids is 1. The van der Waals surface area contributed by atoms with Gasteiger partial charge in [-0.05, 0) is 48.9 Å². The van der Waals surface area contributed by atoms with E-state index in [9.17, 15) is 18.0 Å². The number of amides is 1. The van der Waals surface area contributed by atoms with E-state index in [-0.39, 0.29) is 11.5 Å². The molecule has 1 aliphatic rings. The van der Waals surface area contributed by atoms with Gasteiger partial charge in [-0.15, -0.1) is 10.2 Å². The number of alkyl halides is 3. The molecule has 0 unspecified atom stereocenters. The van der Waals surface area contributed by atoms with Crippen molar-refractivity contribution in [3.63, 3.8) is 0 Å². The Kier molecular flexibility index (Phi) is 5.89. The van der Waals surface area contributed by atoms with Crippen LogP contribution in [0.3, 0.4) is 0 Å². The van der Waals surface area contributed by atoms with Gasteiger partial charge in [0.15, 0.2) is 11.6 Å². The van der Waals surface area contributed by atoms with Gasteiger partial charge in [0.05, 0.1) is 5.56 Å². The maximum absolute atomic E-state index is 12.6. The van der Waals surface area contributed by atoms with Crippen LogP contribution in [0, 0.1) is 6.92 Å². The van der Waals surface area contributed by atoms with E-state index in [1.54, 1.807) is 17.2 Å². The van der Waals surface area contributed by atoms with Crippen molar-refractivity contribution in [3.8, 4) is 0 Å². The summed E-state index contributed by atoms with van der Waals surface area (Å²) < 4.78 is 37.9. The van der Waals surface area contributed by atoms with Gasteiger partial charge in [-0.25, -0.2) is 4.98 Å². The zero-order valence-corrected chi connectivity index (χ0v) is 17.2. The second-order valence-electron chi connectivity index (χ2n) is 7.33. The molecule has 0 aliphatic carbocycles. The first kappa shape index (κ1) is 21.5. The van der Waals surface area contributed by atoms with Crippen LogP contribution in [0.4, 0.5) is 30.6 Å². The first-order valence-corrected chi connectivity index (χ1v) is 9.90. The maximum atomic E-state index is 12.6. The summed E-state index contributed by atoms with van der Waals surface area (Å²) in [6.45, 7) is 3.85. The molecule has 0 atom stereocenters. The van der Waals surface area contributed by atoms with Gasteiger partial charge in [0.1, 0.15) is 11.5 Å². The Balaban J connectivity index is 1.33. The SMILES string of the molecule is Cc1ccnc(Nc2ccc(N3CCN(C(=O)c4ccc(C(F)(F)F)nc4)CC3)nn2)c1. The van der Waals surface area contributed by atoms with Crippen LogP contribution in [-0.2, 0) is 6.18 Å². The van der Waals surface area contributed by atoms with Crippen LogP contribution in [-0.4, -0.2) is 57.2 Å². The predicted molar refractivity (Wildman–Crippen MR) is 112 cm³/mol. The summed E-state index contributed by atoms with van der Waals surface area (Å²) in [4.78, 5) is 23.8. The Morgan fingerprint density at radius 3 is 2.34 bits per heavy atom. The number of pyridine rings is 2. The number of halogens is 3. The first-order valence-electron chi connectivity index (χ1n) is 9.90. The standard InChI is InChI=1S/C21H20F3N7O/c1-14-6-7-25-18(12-14)27-17-4-5-19(29-28-17)30-8-10-31(11-9-30)20(32)15-2-3-16(26-13-15)21(22,23)24/h2-7,12-13H,8-11H2,1H3,(H,25,27,28). The van der Waals surface area contributed by atoms with Crippen molar-refractivity contribution in [2.75, 3.05) is 36.4 Å². The Hall–Kier alpha value is -3.76. The number of nitrogens with one attached hydrogen (secondary N) is 1. The second kappa shape index (κ2) is 8.77. The number of nitrogens with zero attached hydrogens (tertiary/aromatic N) is 6. The third kappa shape index (κ3) is 4.93. The van der Waals surface area contributed by atoms with E-state index < -0.39 is 11.9 Å². The number of anilines is 3. The molecule has 3 aromatic heterocycles. The lowest BCUT2D eigenvalue weighted by Crippen LogP contribution is -2.49. The Bertz CT molecular complexity index is 1080. The number of rotatable bonds is 4. The molecule has 166 valence electrons. The van der Waals surface area contributed by atoms with Crippen LogP contribution in [0.1, 0.15) is 21.6 Å². The van der Waals surface area contributed by atoms with Crippen LogP contribution in [0.15, 0.2) is 48.8 Å². The van der Waals surface area contributed by atoms with Crippen molar-refractivity contribution in [1.82, 2.24) is 25.1 Å². The summed E-state index contributed by atoms with van der Waals surface area (Å²) >= 11 is 0. The molecule has 1 fully saturated rings. The van der Waals surface area contributed by atoms with Crippen LogP contribution >= 0.6 is 0 Å². The molecule has 0 bridgehead atoms. The van der Waals surface area contributed by atoms with Gasteiger partial charge in [-0.1, -0.05) is 0 Å². The quantitative estimate of drug-likeness (QED) is 0.662. The van der Waals surface area contributed by atoms with Crippen molar-refractivity contribution in [2.45, 2.75) is 13.1 Å². The molecule has 1 amide bonds. The van der Waals surface area contributed by atoms with Gasteiger partial charge in [-0.3, -0.25) is 9.78 Å². The number of hydrogen-bond donors (Lipinski definition) is 1. The minimum atomic E-state index is -4.53. The van der Waals surface area contributed by atoms with Crippen molar-refractivity contribution < 1.29 is 18.0 Å². The van der Waals surface area contributed by atoms with Crippen molar-refractivity contribution in [3.05, 3.63) is 65.6 Å². The molecule has 32 heavy (non-hydrogen) atoms. The van der Waals surface area contributed by atoms with E-state index in [1.807, 2.05) is 30.0 Å². The molecule has 8 nitrogen and oxygen atoms in total. The first-order chi connectivity index (χ1) is 15.3. The van der Waals surface area contributed by atoms with Gasteiger partial charge in [-0.2, -0.15) is 13.2 Å². The average Bonchev–Trinajstić information content (AvgIpc) is 2.79. The third-order valence-electron chi connectivity index (χ3n) is 5.01. The molecule has 4 rings (SSSR count). The predicted octanol–water partition coefficient (Wildman–Crippen LogP) is 3.30. The third-order valence-corrected chi connectivity index (χ3v) is 5.01. The second-order valence-corrected chi connectivity index (χ2v) is 7.33. The van der Waals surface area contributed by atoms with E-state index in [2.05, 4.69) is 25.5 Å². The molecule has 4 heterocycles. The molecule has 11 heteroatoms. The van der Waals surface area contributed by atoms with Crippen LogP contribution in [0.5, 0.6) is 0 Å². The highest BCUT2D eigenvalue weighted by Crippen LogP contribution is 2.27. The lowest BCUT2D eigenvalue weighted by Gasteiger charge is -2.35. The monoisotopic (exact) mass is 443 g/mol. The fraction of sp³-hybridized carbons (Fsp3) is 0.286. The van der Waals surface area contributed by atoms with Gasteiger partial charge in [0.2, 0.25) is 0 Å². The van der Waals surface area contributed by atoms with E-state index >= 15 is 0 Å². The molecular formula is C21H20F3N7O. The normalized spacial score (nSPS) is 14.4. The van der Waals surface area contributed by atoms with Gasteiger partial charge >= 0.3 is 6.18 Å². The van der Waals surface area contributed by atoms with Crippen molar-refractivity contribution in [1.29, 1.82) is 0 Å². The summed E-state index contributed by atoms with van der Waals surface area (Å²) in [6.07, 6.45) is -1.85.